The van der Waals surface area contributed by atoms with Gasteiger partial charge in [0.25, 0.3) is 40.5 Å². The van der Waals surface area contributed by atoms with E-state index in [0.29, 0.717) is 22.1 Å². The van der Waals surface area contributed by atoms with E-state index in [1.54, 1.807) is 60.7 Å². The second-order valence-corrected chi connectivity index (χ2v) is 24.4. The number of aromatic hydroxyl groups is 2. The SMILES string of the molecule is O=S(=O)(O)c1cc2cc(N=Nc3ccc4cccc(S(=O)(=O)O)c4c3)ccc2c(O)c1Nc1nc(Cl)nc(Nc2ccc(Nc3nc(Cl)nc(Nc4c(S(=O)(=O)O)cc5cc(N=Nc6ccc7cccc(S(=O)(=O)O)c7c6)ccc5c4O)n3)cc2)n1. The standard InChI is InChI=1S/C52H34Cl2N14O14S4/c53-47-59-49(63-51(61-47)57-43-41(85(77,78)79)21-27-19-31(15-17-35(27)45(43)69)65-67-33-9-7-25-3-1-5-39(37(25)23-33)83(71,72)73)55-29-11-13-30(14-12-29)56-50-60-48(54)62-52(64-50)58-44-42(86(80,81)82)22-28-20-32(16-18-36(28)46(44)70)66-68-34-10-8-26-4-2-6-40(38(26)24-34)84(74,75)76/h1-24,69-70H,(H,71,72,73)(H,74,75,76)(H,77,78,79)(H,80,81,82)(H2,55,57,59,61,63)(H2,56,58,60,62,64). The first-order chi connectivity index (χ1) is 40.7. The lowest BCUT2D eigenvalue weighted by molar-refractivity contribution is 0.473. The Morgan fingerprint density at radius 2 is 0.663 bits per heavy atom. The van der Waals surface area contributed by atoms with Crippen LogP contribution in [0.5, 0.6) is 11.5 Å². The Morgan fingerprint density at radius 1 is 0.337 bits per heavy atom. The fourth-order valence-electron chi connectivity index (χ4n) is 8.78. The van der Waals surface area contributed by atoms with Crippen molar-refractivity contribution in [1.82, 2.24) is 29.9 Å². The molecule has 11 aromatic rings. The fraction of sp³-hybridized carbons (Fsp3) is 0. The van der Waals surface area contributed by atoms with Gasteiger partial charge in [0, 0.05) is 32.9 Å². The second kappa shape index (κ2) is 22.4. The van der Waals surface area contributed by atoms with Gasteiger partial charge in [-0.2, -0.15) is 84.0 Å². The largest absolute Gasteiger partial charge is 0.505 e. The van der Waals surface area contributed by atoms with Crippen LogP contribution in [0.1, 0.15) is 0 Å². The van der Waals surface area contributed by atoms with Gasteiger partial charge in [0.15, 0.2) is 0 Å². The van der Waals surface area contributed by atoms with Crippen molar-refractivity contribution in [3.8, 4) is 11.5 Å². The number of hydrogen-bond acceptors (Lipinski definition) is 24. The molecule has 0 aliphatic carbocycles. The summed E-state index contributed by atoms with van der Waals surface area (Å²) in [4.78, 5) is 22.3. The number of phenolic OH excluding ortho intramolecular Hbond substituents is 2. The van der Waals surface area contributed by atoms with Crippen LogP contribution in [0.4, 0.5) is 69.3 Å². The summed E-state index contributed by atoms with van der Waals surface area (Å²) in [5, 5.41) is 51.5. The molecule has 86 heavy (non-hydrogen) atoms. The molecular weight excluding hydrogens is 1240 g/mol. The van der Waals surface area contributed by atoms with Gasteiger partial charge in [-0.3, -0.25) is 18.2 Å². The highest BCUT2D eigenvalue weighted by atomic mass is 35.5. The predicted molar refractivity (Wildman–Crippen MR) is 316 cm³/mol. The quantitative estimate of drug-likeness (QED) is 0.0244. The summed E-state index contributed by atoms with van der Waals surface area (Å²) in [6, 6.07) is 34.4. The van der Waals surface area contributed by atoms with Gasteiger partial charge >= 0.3 is 0 Å². The highest BCUT2D eigenvalue weighted by Gasteiger charge is 2.26. The maximum absolute atomic E-state index is 12.8. The molecule has 2 aromatic heterocycles. The van der Waals surface area contributed by atoms with Crippen molar-refractivity contribution in [3.63, 3.8) is 0 Å². The molecule has 0 saturated heterocycles. The minimum absolute atomic E-state index is 0.0827. The molecule has 0 saturated carbocycles. The van der Waals surface area contributed by atoms with Gasteiger partial charge in [-0.1, -0.05) is 36.4 Å². The molecule has 0 atom stereocenters. The van der Waals surface area contributed by atoms with Crippen LogP contribution in [0.3, 0.4) is 0 Å². The Kier molecular flexibility index (Phi) is 15.1. The van der Waals surface area contributed by atoms with Crippen LogP contribution in [0.15, 0.2) is 186 Å². The zero-order valence-corrected chi connectivity index (χ0v) is 47.4. The molecule has 28 nitrogen and oxygen atoms in total. The first-order valence-electron chi connectivity index (χ1n) is 24.1. The van der Waals surface area contributed by atoms with E-state index in [0.717, 1.165) is 12.1 Å². The van der Waals surface area contributed by atoms with Crippen molar-refractivity contribution in [1.29, 1.82) is 0 Å². The van der Waals surface area contributed by atoms with Gasteiger partial charge in [-0.25, -0.2) is 0 Å². The Balaban J connectivity index is 0.789. The van der Waals surface area contributed by atoms with Crippen molar-refractivity contribution in [2.24, 2.45) is 20.5 Å². The lowest BCUT2D eigenvalue weighted by Crippen LogP contribution is -2.08. The van der Waals surface area contributed by atoms with Crippen LogP contribution < -0.4 is 21.3 Å². The molecule has 0 radical (unpaired) electrons. The molecule has 0 aliphatic heterocycles. The maximum atomic E-state index is 12.8. The van der Waals surface area contributed by atoms with E-state index in [1.165, 1.54) is 72.8 Å². The Morgan fingerprint density at radius 3 is 1.01 bits per heavy atom. The molecule has 34 heteroatoms. The van der Waals surface area contributed by atoms with E-state index in [2.05, 4.69) is 71.6 Å². The smallest absolute Gasteiger partial charge is 0.296 e. The Bertz CT molecular complexity index is 4890. The summed E-state index contributed by atoms with van der Waals surface area (Å²) < 4.78 is 139. The number of rotatable bonds is 16. The molecule has 0 amide bonds. The fourth-order valence-corrected chi connectivity index (χ4v) is 11.9. The molecule has 0 fully saturated rings. The van der Waals surface area contributed by atoms with Gasteiger partial charge in [0.05, 0.1) is 22.7 Å². The Labute approximate surface area is 494 Å². The average Bonchev–Trinajstić information content (AvgIpc) is 0.948. The number of hydrogen-bond donors (Lipinski definition) is 10. The monoisotopic (exact) mass is 1280 g/mol. The minimum Gasteiger partial charge on any atom is -0.505 e. The summed E-state index contributed by atoms with van der Waals surface area (Å²) in [5.41, 5.74) is 0.367. The highest BCUT2D eigenvalue weighted by Crippen LogP contribution is 2.43. The highest BCUT2D eigenvalue weighted by molar-refractivity contribution is 7.86. The minimum atomic E-state index is -5.08. The topological polar surface area (TPSA) is 433 Å². The van der Waals surface area contributed by atoms with E-state index in [-0.39, 0.29) is 99.2 Å². The molecule has 0 bridgehead atoms. The van der Waals surface area contributed by atoms with Crippen LogP contribution in [-0.2, 0) is 40.5 Å². The average molecular weight is 1280 g/mol. The second-order valence-electron chi connectivity index (χ2n) is 18.2. The molecule has 10 N–H and O–H groups in total. The third-order valence-corrected chi connectivity index (χ3v) is 16.4. The van der Waals surface area contributed by atoms with E-state index >= 15 is 0 Å². The van der Waals surface area contributed by atoms with E-state index in [1.807, 2.05) is 0 Å². The van der Waals surface area contributed by atoms with Crippen molar-refractivity contribution >= 4 is 176 Å². The van der Waals surface area contributed by atoms with Gasteiger partial charge < -0.3 is 31.5 Å². The van der Waals surface area contributed by atoms with Gasteiger partial charge in [-0.05, 0) is 154 Å². The van der Waals surface area contributed by atoms with Crippen molar-refractivity contribution < 1.29 is 62.1 Å². The predicted octanol–water partition coefficient (Wildman–Crippen LogP) is 12.2. The number of nitrogens with zero attached hydrogens (tertiary/aromatic N) is 10. The first kappa shape index (κ1) is 58.1. The first-order valence-corrected chi connectivity index (χ1v) is 30.6. The summed E-state index contributed by atoms with van der Waals surface area (Å²) in [6.45, 7) is 0. The molecule has 0 aliphatic rings. The number of benzene rings is 9. The van der Waals surface area contributed by atoms with Gasteiger partial charge in [0.1, 0.15) is 42.5 Å². The van der Waals surface area contributed by atoms with Crippen LogP contribution in [0, 0.1) is 0 Å². The Hall–Kier alpha value is -9.74. The summed E-state index contributed by atoms with van der Waals surface area (Å²) >= 11 is 12.5. The zero-order chi connectivity index (χ0) is 61.0. The number of azo groups is 2. The van der Waals surface area contributed by atoms with E-state index < -0.39 is 73.1 Å². The summed E-state index contributed by atoms with van der Waals surface area (Å²) in [5.74, 6) is -2.43. The van der Waals surface area contributed by atoms with E-state index in [9.17, 15) is 62.1 Å². The molecular formula is C52H34Cl2N14O14S4. The lowest BCUT2D eigenvalue weighted by atomic mass is 10.1. The van der Waals surface area contributed by atoms with Crippen LogP contribution in [0.2, 0.25) is 10.6 Å². The van der Waals surface area contributed by atoms with Gasteiger partial charge in [0.2, 0.25) is 34.4 Å². The lowest BCUT2D eigenvalue weighted by Gasteiger charge is -2.15. The number of fused-ring (bicyclic) bond motifs is 4. The molecule has 0 unspecified atom stereocenters. The third kappa shape index (κ3) is 12.5. The van der Waals surface area contributed by atoms with Crippen LogP contribution in [-0.4, -0.2) is 92.0 Å². The van der Waals surface area contributed by atoms with Crippen molar-refractivity contribution in [2.75, 3.05) is 21.3 Å². The number of phenols is 2. The third-order valence-electron chi connectivity index (χ3n) is 12.5. The number of halogens is 2. The molecule has 9 aromatic carbocycles. The van der Waals surface area contributed by atoms with Crippen LogP contribution >= 0.6 is 23.2 Å². The van der Waals surface area contributed by atoms with Crippen molar-refractivity contribution in [2.45, 2.75) is 19.6 Å². The molecule has 434 valence electrons. The van der Waals surface area contributed by atoms with Crippen molar-refractivity contribution in [3.05, 3.63) is 156 Å². The molecule has 2 heterocycles. The summed E-state index contributed by atoms with van der Waals surface area (Å²) in [6.07, 6.45) is 0. The molecule has 0 spiro atoms. The van der Waals surface area contributed by atoms with Gasteiger partial charge in [-0.15, -0.1) is 0 Å². The summed E-state index contributed by atoms with van der Waals surface area (Å²) in [7, 11) is -19.3. The van der Waals surface area contributed by atoms with Crippen LogP contribution in [0.25, 0.3) is 43.1 Å². The number of anilines is 8. The zero-order valence-electron chi connectivity index (χ0n) is 42.7. The normalized spacial score (nSPS) is 12.4. The number of aromatic nitrogens is 6. The number of nitrogens with one attached hydrogen (secondary N) is 4. The molecule has 11 rings (SSSR count). The van der Waals surface area contributed by atoms with E-state index in [4.69, 9.17) is 23.2 Å². The maximum Gasteiger partial charge on any atom is 0.296 e.